The van der Waals surface area contributed by atoms with E-state index in [4.69, 9.17) is 38.5 Å². The van der Waals surface area contributed by atoms with Crippen LogP contribution in [0.4, 0.5) is 10.6 Å². The third-order valence-corrected chi connectivity index (χ3v) is 10.5. The number of methoxy groups -OCH3 is 1. The van der Waals surface area contributed by atoms with E-state index in [0.29, 0.717) is 22.5 Å². The molecule has 2 aliphatic heterocycles. The lowest BCUT2D eigenvalue weighted by atomic mass is 10.1. The largest absolute Gasteiger partial charge is 0.509 e. The Kier molecular flexibility index (Phi) is 11.0. The minimum absolute atomic E-state index is 0.0935. The summed E-state index contributed by atoms with van der Waals surface area (Å²) in [7, 11) is 1.28. The van der Waals surface area contributed by atoms with Crippen LogP contribution in [0.1, 0.15) is 32.7 Å². The maximum Gasteiger partial charge on any atom is 0.509 e. The summed E-state index contributed by atoms with van der Waals surface area (Å²) >= 11 is 0.476. The Morgan fingerprint density at radius 3 is 2.70 bits per heavy atom. The molecule has 0 aliphatic carbocycles. The molecule has 0 radical (unpaired) electrons. The van der Waals surface area contributed by atoms with Crippen molar-refractivity contribution in [2.24, 2.45) is 0 Å². The number of rotatable bonds is 13. The monoisotopic (exact) mass is 703 g/mol. The van der Waals surface area contributed by atoms with Crippen molar-refractivity contribution >= 4 is 41.3 Å². The fourth-order valence-corrected chi connectivity index (χ4v) is 7.77. The Balaban J connectivity index is 1.34. The molecule has 5 N–H and O–H groups in total. The summed E-state index contributed by atoms with van der Waals surface area (Å²) in [4.78, 5) is 50.5. The summed E-state index contributed by atoms with van der Waals surface area (Å²) < 4.78 is 55.8. The zero-order chi connectivity index (χ0) is 33.9. The number of nitrogens with zero attached hydrogens (tertiary/aromatic N) is 5. The molecule has 0 aromatic carbocycles. The number of nitrogens with two attached hydrogens (primary N) is 1. The number of fused-ring (bicyclic) bond motifs is 1. The van der Waals surface area contributed by atoms with Crippen LogP contribution in [0, 0.1) is 0 Å². The first kappa shape index (κ1) is 34.9. The van der Waals surface area contributed by atoms with Crippen molar-refractivity contribution in [3.05, 3.63) is 45.8 Å². The van der Waals surface area contributed by atoms with Crippen LogP contribution >= 0.6 is 18.2 Å². The number of aliphatic hydroxyl groups excluding tert-OH is 2. The number of imidazole rings is 1. The molecule has 20 nitrogen and oxygen atoms in total. The number of anilines is 1. The van der Waals surface area contributed by atoms with E-state index in [-0.39, 0.29) is 12.2 Å². The van der Waals surface area contributed by atoms with Crippen molar-refractivity contribution in [3.8, 4) is 0 Å². The van der Waals surface area contributed by atoms with Crippen molar-refractivity contribution in [2.45, 2.75) is 69.3 Å². The number of aromatic nitrogens is 6. The fraction of sp³-hybridized carbons (Fsp3) is 0.600. The Morgan fingerprint density at radius 2 is 2.00 bits per heavy atom. The summed E-state index contributed by atoms with van der Waals surface area (Å²) in [5.41, 5.74) is 5.13. The number of nitrogens with one attached hydrogen (secondary N) is 1. The quantitative estimate of drug-likeness (QED) is 0.106. The summed E-state index contributed by atoms with van der Waals surface area (Å²) in [6.07, 6.45) is -5.23. The van der Waals surface area contributed by atoms with Gasteiger partial charge in [-0.1, -0.05) is 0 Å². The zero-order valence-corrected chi connectivity index (χ0v) is 27.0. The van der Waals surface area contributed by atoms with Gasteiger partial charge in [0.2, 0.25) is 0 Å². The second kappa shape index (κ2) is 14.8. The van der Waals surface area contributed by atoms with Gasteiger partial charge in [0, 0.05) is 37.2 Å². The number of aromatic amines is 1. The molecule has 3 aromatic heterocycles. The third kappa shape index (κ3) is 7.85. The van der Waals surface area contributed by atoms with E-state index in [2.05, 4.69) is 19.9 Å². The van der Waals surface area contributed by atoms with E-state index in [1.54, 1.807) is 18.4 Å². The standard InChI is InChI=1S/C25H34N7O13PS/c1-12(2)42-25(37)40-11-47-46(38,45-19-14(7-33)44-23(20(19)39-3)31-5-4-16(35)30-24(31)36)41-8-15-13(34)6-17(43-15)32-10-29-18-21(26)27-9-28-22(18)32/h4-5,9-10,12-15,17,19-20,23,33-34H,6-8,11H2,1-3H3,(H2,26,27,28)(H,30,35,36)/t13-,14?,15-,17-,19+,20?,23-,46?/m1/s1. The maximum atomic E-state index is 14.2. The maximum absolute atomic E-state index is 14.2. The van der Waals surface area contributed by atoms with Crippen LogP contribution in [0.25, 0.3) is 11.2 Å². The molecule has 2 saturated heterocycles. The Bertz CT molecular complexity index is 1720. The van der Waals surface area contributed by atoms with Gasteiger partial charge in [-0.15, -0.1) is 0 Å². The van der Waals surface area contributed by atoms with E-state index in [9.17, 15) is 29.2 Å². The molecule has 2 fully saturated rings. The first-order chi connectivity index (χ1) is 22.4. The molecule has 5 heterocycles. The third-order valence-electron chi connectivity index (χ3n) is 7.13. The van der Waals surface area contributed by atoms with Gasteiger partial charge >= 0.3 is 18.6 Å². The number of hydrogen-bond donors (Lipinski definition) is 4. The molecule has 2 aliphatic rings. The topological polar surface area (TPSA) is 264 Å². The van der Waals surface area contributed by atoms with Crippen LogP contribution in [0.5, 0.6) is 0 Å². The van der Waals surface area contributed by atoms with Gasteiger partial charge in [0.05, 0.1) is 31.7 Å². The number of aliphatic hydroxyl groups is 2. The Morgan fingerprint density at radius 1 is 1.21 bits per heavy atom. The summed E-state index contributed by atoms with van der Waals surface area (Å²) in [6, 6.07) is 1.09. The summed E-state index contributed by atoms with van der Waals surface area (Å²) in [5.74, 6) is -0.375. The van der Waals surface area contributed by atoms with Crippen LogP contribution < -0.4 is 17.0 Å². The number of H-pyrrole nitrogens is 1. The van der Waals surface area contributed by atoms with E-state index >= 15 is 0 Å². The van der Waals surface area contributed by atoms with Crippen molar-refractivity contribution < 1.29 is 52.3 Å². The molecule has 0 bridgehead atoms. The van der Waals surface area contributed by atoms with E-state index in [1.807, 2.05) is 0 Å². The van der Waals surface area contributed by atoms with Crippen LogP contribution in [-0.2, 0) is 37.3 Å². The highest BCUT2D eigenvalue weighted by Gasteiger charge is 2.51. The molecule has 22 heteroatoms. The number of nitrogen functional groups attached to an aromatic ring is 1. The molecule has 0 saturated carbocycles. The van der Waals surface area contributed by atoms with E-state index < -0.39 is 92.4 Å². The molecule has 3 aromatic rings. The molecule has 47 heavy (non-hydrogen) atoms. The highest BCUT2D eigenvalue weighted by Crippen LogP contribution is 2.63. The van der Waals surface area contributed by atoms with Crippen LogP contribution in [0.3, 0.4) is 0 Å². The normalized spacial score (nSPS) is 27.3. The zero-order valence-electron chi connectivity index (χ0n) is 25.3. The molecular weight excluding hydrogens is 669 g/mol. The van der Waals surface area contributed by atoms with E-state index in [0.717, 1.165) is 10.6 Å². The van der Waals surface area contributed by atoms with Gasteiger partial charge in [-0.2, -0.15) is 0 Å². The number of hydrogen-bond acceptors (Lipinski definition) is 18. The minimum Gasteiger partial charge on any atom is -0.432 e. The Labute approximate surface area is 269 Å². The molecule has 8 atom stereocenters. The molecule has 3 unspecified atom stereocenters. The van der Waals surface area contributed by atoms with Crippen molar-refractivity contribution in [3.63, 3.8) is 0 Å². The molecule has 0 amide bonds. The second-order valence-corrected chi connectivity index (χ2v) is 14.6. The van der Waals surface area contributed by atoms with Gasteiger partial charge in [-0.05, 0) is 13.8 Å². The molecular formula is C25H34N7O13PS. The molecule has 5 rings (SSSR count). The van der Waals surface area contributed by atoms with Gasteiger partial charge in [-0.3, -0.25) is 28.0 Å². The SMILES string of the molecule is COC1[C@@H](OP(=O)(OC[C@H]2O[C@@H](n3cnc4c(N)ncnc43)C[C@H]2O)SCOC(=O)OC(C)C)C(CO)O[C@H]1n1ccc(=O)[nH]c1=O. The van der Waals surface area contributed by atoms with Gasteiger partial charge in [0.25, 0.3) is 5.56 Å². The van der Waals surface area contributed by atoms with E-state index in [1.165, 1.54) is 26.0 Å². The number of carbonyl (C=O) groups excluding carboxylic acids is 1. The lowest BCUT2D eigenvalue weighted by Crippen LogP contribution is -2.39. The van der Waals surface area contributed by atoms with Crippen LogP contribution in [0.15, 0.2) is 34.5 Å². The van der Waals surface area contributed by atoms with Crippen LogP contribution in [-0.4, -0.2) is 108 Å². The fourth-order valence-electron chi connectivity index (χ4n) is 4.98. The first-order valence-corrected chi connectivity index (χ1v) is 17.3. The Hall–Kier alpha value is -3.40. The highest BCUT2D eigenvalue weighted by atomic mass is 32.7. The van der Waals surface area contributed by atoms with Crippen LogP contribution in [0.2, 0.25) is 0 Å². The average Bonchev–Trinajstić information content (AvgIpc) is 3.71. The lowest BCUT2D eigenvalue weighted by Gasteiger charge is -2.28. The van der Waals surface area contributed by atoms with Gasteiger partial charge in [0.15, 0.2) is 23.6 Å². The summed E-state index contributed by atoms with van der Waals surface area (Å²) in [6.45, 7) is -2.26. The van der Waals surface area contributed by atoms with Crippen molar-refractivity contribution in [1.82, 2.24) is 29.1 Å². The number of carbonyl (C=O) groups is 1. The number of ether oxygens (including phenoxy) is 5. The summed E-state index contributed by atoms with van der Waals surface area (Å²) in [5, 5.41) is 20.9. The predicted molar refractivity (Wildman–Crippen MR) is 161 cm³/mol. The predicted octanol–water partition coefficient (Wildman–Crippen LogP) is 0.274. The minimum atomic E-state index is -4.38. The van der Waals surface area contributed by atoms with Gasteiger partial charge < -0.3 is 39.6 Å². The van der Waals surface area contributed by atoms with Gasteiger partial charge in [0.1, 0.15) is 42.5 Å². The highest BCUT2D eigenvalue weighted by molar-refractivity contribution is 8.55. The molecule has 0 spiro atoms. The van der Waals surface area contributed by atoms with Gasteiger partial charge in [-0.25, -0.2) is 29.1 Å². The average molecular weight is 704 g/mol. The first-order valence-electron chi connectivity index (χ1n) is 14.2. The second-order valence-electron chi connectivity index (χ2n) is 10.6. The van der Waals surface area contributed by atoms with Crippen molar-refractivity contribution in [2.75, 3.05) is 32.0 Å². The molecule has 258 valence electrons. The van der Waals surface area contributed by atoms with Crippen molar-refractivity contribution in [1.29, 1.82) is 0 Å². The lowest BCUT2D eigenvalue weighted by molar-refractivity contribution is -0.0625. The smallest absolute Gasteiger partial charge is 0.432 e.